The molecular weight excluding hydrogens is 302 g/mol. The van der Waals surface area contributed by atoms with Crippen LogP contribution in [0.1, 0.15) is 29.9 Å². The van der Waals surface area contributed by atoms with E-state index in [1.807, 2.05) is 12.1 Å². The lowest BCUT2D eigenvalue weighted by atomic mass is 9.78. The van der Waals surface area contributed by atoms with Gasteiger partial charge in [0.05, 0.1) is 5.00 Å². The zero-order chi connectivity index (χ0) is 14.7. The van der Waals surface area contributed by atoms with Gasteiger partial charge in [0.25, 0.3) is 0 Å². The third-order valence-electron chi connectivity index (χ3n) is 4.30. The number of nitrogens with one attached hydrogen (secondary N) is 1. The number of fused-ring (bicyclic) bond motifs is 1. The summed E-state index contributed by atoms with van der Waals surface area (Å²) in [6.07, 6.45) is 2.89. The molecule has 0 radical (unpaired) electrons. The Morgan fingerprint density at radius 3 is 3.00 bits per heavy atom. The minimum absolute atomic E-state index is 0.241. The van der Waals surface area contributed by atoms with Crippen LogP contribution in [-0.2, 0) is 6.42 Å². The molecule has 0 amide bonds. The summed E-state index contributed by atoms with van der Waals surface area (Å²) in [7, 11) is 0. The molecule has 2 unspecified atom stereocenters. The number of benzene rings is 1. The van der Waals surface area contributed by atoms with Crippen LogP contribution in [0, 0.1) is 5.92 Å². The van der Waals surface area contributed by atoms with Crippen molar-refractivity contribution in [2.45, 2.75) is 25.2 Å². The maximum Gasteiger partial charge on any atom is 0.0915 e. The molecule has 1 aliphatic heterocycles. The van der Waals surface area contributed by atoms with E-state index in [2.05, 4.69) is 28.9 Å². The average molecular weight is 322 g/mol. The summed E-state index contributed by atoms with van der Waals surface area (Å²) < 4.78 is 0. The van der Waals surface area contributed by atoms with Gasteiger partial charge in [0.1, 0.15) is 0 Å². The molecule has 1 aromatic heterocycles. The Balaban J connectivity index is 1.85. The topological polar surface area (TPSA) is 32.3 Å². The number of aliphatic hydroxyl groups is 1. The normalized spacial score (nSPS) is 18.9. The van der Waals surface area contributed by atoms with E-state index >= 15 is 0 Å². The van der Waals surface area contributed by atoms with E-state index in [1.165, 1.54) is 16.1 Å². The quantitative estimate of drug-likeness (QED) is 0.847. The number of aliphatic hydroxyl groups excluding tert-OH is 1. The molecule has 0 spiro atoms. The van der Waals surface area contributed by atoms with Crippen molar-refractivity contribution in [3.05, 3.63) is 51.9 Å². The molecule has 112 valence electrons. The van der Waals surface area contributed by atoms with E-state index in [0.29, 0.717) is 11.8 Å². The predicted molar refractivity (Wildman–Crippen MR) is 90.5 cm³/mol. The molecule has 3 rings (SSSR count). The van der Waals surface area contributed by atoms with Gasteiger partial charge < -0.3 is 10.4 Å². The Morgan fingerprint density at radius 1 is 1.33 bits per heavy atom. The number of rotatable bonds is 5. The van der Waals surface area contributed by atoms with E-state index in [1.54, 1.807) is 11.3 Å². The molecule has 0 bridgehead atoms. The first-order valence-corrected chi connectivity index (χ1v) is 8.71. The molecule has 21 heavy (non-hydrogen) atoms. The van der Waals surface area contributed by atoms with Crippen LogP contribution in [0.3, 0.4) is 0 Å². The Kier molecular flexibility index (Phi) is 4.84. The molecule has 2 nitrogen and oxygen atoms in total. The Bertz CT molecular complexity index is 598. The van der Waals surface area contributed by atoms with E-state index < -0.39 is 0 Å². The Labute approximate surface area is 134 Å². The van der Waals surface area contributed by atoms with Crippen molar-refractivity contribution >= 4 is 27.9 Å². The minimum atomic E-state index is 0.241. The third-order valence-corrected chi connectivity index (χ3v) is 5.56. The van der Waals surface area contributed by atoms with Crippen molar-refractivity contribution < 1.29 is 5.11 Å². The predicted octanol–water partition coefficient (Wildman–Crippen LogP) is 4.54. The van der Waals surface area contributed by atoms with Crippen molar-refractivity contribution in [1.82, 2.24) is 0 Å². The number of hydrogen-bond acceptors (Lipinski definition) is 3. The number of anilines is 1. The molecule has 2 aromatic rings. The number of hydrogen-bond donors (Lipinski definition) is 2. The first-order chi connectivity index (χ1) is 10.3. The van der Waals surface area contributed by atoms with E-state index in [9.17, 15) is 5.11 Å². The van der Waals surface area contributed by atoms with Gasteiger partial charge in [0.15, 0.2) is 0 Å². The number of halogens is 1. The van der Waals surface area contributed by atoms with Crippen LogP contribution < -0.4 is 5.32 Å². The largest absolute Gasteiger partial charge is 0.396 e. The van der Waals surface area contributed by atoms with Crippen LogP contribution in [0.5, 0.6) is 0 Å². The lowest BCUT2D eigenvalue weighted by Crippen LogP contribution is -2.28. The summed E-state index contributed by atoms with van der Waals surface area (Å²) in [5, 5.41) is 17.1. The van der Waals surface area contributed by atoms with Crippen LogP contribution in [0.4, 0.5) is 5.00 Å². The monoisotopic (exact) mass is 321 g/mol. The SMILES string of the molecule is OCCCC(c1ccccc1Cl)C1CNc2sccc2C1. The highest BCUT2D eigenvalue weighted by atomic mass is 35.5. The summed E-state index contributed by atoms with van der Waals surface area (Å²) in [6, 6.07) is 10.3. The van der Waals surface area contributed by atoms with Gasteiger partial charge in [-0.25, -0.2) is 0 Å². The second kappa shape index (κ2) is 6.82. The van der Waals surface area contributed by atoms with Gasteiger partial charge in [-0.2, -0.15) is 0 Å². The van der Waals surface area contributed by atoms with Crippen LogP contribution in [0.25, 0.3) is 0 Å². The van der Waals surface area contributed by atoms with Crippen molar-refractivity contribution in [3.63, 3.8) is 0 Å². The molecule has 2 N–H and O–H groups in total. The highest BCUT2D eigenvalue weighted by Crippen LogP contribution is 2.40. The second-order valence-electron chi connectivity index (χ2n) is 5.61. The zero-order valence-corrected chi connectivity index (χ0v) is 13.5. The molecule has 2 atom stereocenters. The molecule has 0 aliphatic carbocycles. The zero-order valence-electron chi connectivity index (χ0n) is 11.9. The summed E-state index contributed by atoms with van der Waals surface area (Å²) in [6.45, 7) is 1.22. The van der Waals surface area contributed by atoms with Gasteiger partial charge in [-0.1, -0.05) is 29.8 Å². The summed E-state index contributed by atoms with van der Waals surface area (Å²) in [5.41, 5.74) is 2.63. The van der Waals surface area contributed by atoms with Gasteiger partial charge in [0, 0.05) is 18.2 Å². The van der Waals surface area contributed by atoms with Gasteiger partial charge in [-0.15, -0.1) is 11.3 Å². The van der Waals surface area contributed by atoms with Crippen molar-refractivity contribution in [3.8, 4) is 0 Å². The highest BCUT2D eigenvalue weighted by molar-refractivity contribution is 7.14. The van der Waals surface area contributed by atoms with Crippen LogP contribution in [0.2, 0.25) is 5.02 Å². The summed E-state index contributed by atoms with van der Waals surface area (Å²) >= 11 is 8.19. The van der Waals surface area contributed by atoms with Crippen molar-refractivity contribution in [1.29, 1.82) is 0 Å². The highest BCUT2D eigenvalue weighted by Gasteiger charge is 2.28. The molecule has 0 saturated heterocycles. The van der Waals surface area contributed by atoms with Crippen LogP contribution in [0.15, 0.2) is 35.7 Å². The smallest absolute Gasteiger partial charge is 0.0915 e. The van der Waals surface area contributed by atoms with Gasteiger partial charge in [0.2, 0.25) is 0 Å². The molecule has 1 aliphatic rings. The van der Waals surface area contributed by atoms with Gasteiger partial charge in [-0.05, 0) is 59.7 Å². The number of thiophene rings is 1. The molecule has 2 heterocycles. The Morgan fingerprint density at radius 2 is 2.19 bits per heavy atom. The van der Waals surface area contributed by atoms with Crippen molar-refractivity contribution in [2.24, 2.45) is 5.92 Å². The maximum absolute atomic E-state index is 9.21. The first kappa shape index (κ1) is 14.9. The summed E-state index contributed by atoms with van der Waals surface area (Å²) in [5.74, 6) is 0.921. The lowest BCUT2D eigenvalue weighted by Gasteiger charge is -2.32. The fraction of sp³-hybridized carbons (Fsp3) is 0.412. The van der Waals surface area contributed by atoms with E-state index in [-0.39, 0.29) is 6.61 Å². The molecule has 1 aromatic carbocycles. The van der Waals surface area contributed by atoms with Crippen LogP contribution in [-0.4, -0.2) is 18.3 Å². The van der Waals surface area contributed by atoms with E-state index in [4.69, 9.17) is 11.6 Å². The van der Waals surface area contributed by atoms with Crippen molar-refractivity contribution in [2.75, 3.05) is 18.5 Å². The average Bonchev–Trinajstić information content (AvgIpc) is 2.97. The molecule has 4 heteroatoms. The molecule has 0 saturated carbocycles. The third kappa shape index (κ3) is 3.25. The fourth-order valence-corrected chi connectivity index (χ4v) is 4.36. The molecular formula is C17H20ClNOS. The minimum Gasteiger partial charge on any atom is -0.396 e. The molecule has 0 fully saturated rings. The van der Waals surface area contributed by atoms with Gasteiger partial charge >= 0.3 is 0 Å². The first-order valence-electron chi connectivity index (χ1n) is 7.45. The lowest BCUT2D eigenvalue weighted by molar-refractivity contribution is 0.269. The standard InChI is InChI=1S/C17H20ClNOS/c18-16-6-2-1-4-15(16)14(5-3-8-20)13-10-12-7-9-21-17(12)19-11-13/h1-2,4,6-7,9,13-14,19-20H,3,5,8,10-11H2. The Hall–Kier alpha value is -1.03. The second-order valence-corrected chi connectivity index (χ2v) is 6.94. The van der Waals surface area contributed by atoms with Gasteiger partial charge in [-0.3, -0.25) is 0 Å². The van der Waals surface area contributed by atoms with Crippen LogP contribution >= 0.6 is 22.9 Å². The maximum atomic E-state index is 9.21. The van der Waals surface area contributed by atoms with E-state index in [0.717, 1.165) is 30.8 Å². The fourth-order valence-electron chi connectivity index (χ4n) is 3.25. The summed E-state index contributed by atoms with van der Waals surface area (Å²) in [4.78, 5) is 0.